The van der Waals surface area contributed by atoms with Gasteiger partial charge in [-0.25, -0.2) is 15.0 Å². The summed E-state index contributed by atoms with van der Waals surface area (Å²) in [5, 5.41) is 6.43. The summed E-state index contributed by atoms with van der Waals surface area (Å²) in [4.78, 5) is 12.6. The Balaban J connectivity index is 1.82. The number of nitrogens with two attached hydrogens (primary N) is 1. The number of nitrogen functional groups attached to an aromatic ring is 1. The zero-order valence-electron chi connectivity index (χ0n) is 10.2. The lowest BCUT2D eigenvalue weighted by molar-refractivity contribution is 1.28. The van der Waals surface area contributed by atoms with Crippen molar-refractivity contribution in [1.29, 1.82) is 0 Å². The van der Waals surface area contributed by atoms with E-state index in [4.69, 9.17) is 17.3 Å². The fraction of sp³-hybridized carbons (Fsp3) is 0. The summed E-state index contributed by atoms with van der Waals surface area (Å²) < 4.78 is 0. The molecule has 7 heteroatoms. The van der Waals surface area contributed by atoms with Crippen molar-refractivity contribution in [3.63, 3.8) is 0 Å². The summed E-state index contributed by atoms with van der Waals surface area (Å²) in [5.41, 5.74) is 7.45. The van der Waals surface area contributed by atoms with Crippen LogP contribution in [0.4, 0.5) is 16.8 Å². The molecule has 0 saturated carbocycles. The quantitative estimate of drug-likeness (QED) is 0.773. The molecule has 0 saturated heterocycles. The van der Waals surface area contributed by atoms with Crippen molar-refractivity contribution >= 4 is 39.7 Å². The van der Waals surface area contributed by atoms with E-state index in [0.29, 0.717) is 16.7 Å². The summed E-state index contributed by atoms with van der Waals surface area (Å²) in [6, 6.07) is 7.23. The first-order valence-corrected chi connectivity index (χ1v) is 7.02. The summed E-state index contributed by atoms with van der Waals surface area (Å²) in [6.07, 6.45) is 3.25. The molecular weight excluding hydrogens is 294 g/mol. The predicted octanol–water partition coefficient (Wildman–Crippen LogP) is 3.58. The highest BCUT2D eigenvalue weighted by Gasteiger charge is 2.06. The van der Waals surface area contributed by atoms with E-state index < -0.39 is 0 Å². The van der Waals surface area contributed by atoms with Gasteiger partial charge in [-0.3, -0.25) is 0 Å². The molecule has 3 heterocycles. The van der Waals surface area contributed by atoms with Crippen LogP contribution in [0.1, 0.15) is 0 Å². The largest absolute Gasteiger partial charge is 0.384 e. The molecule has 0 aromatic carbocycles. The number of anilines is 3. The summed E-state index contributed by atoms with van der Waals surface area (Å²) in [7, 11) is 0. The van der Waals surface area contributed by atoms with E-state index in [1.807, 2.05) is 11.4 Å². The van der Waals surface area contributed by atoms with E-state index in [0.717, 1.165) is 16.4 Å². The normalized spacial score (nSPS) is 10.4. The minimum absolute atomic E-state index is 0.476. The summed E-state index contributed by atoms with van der Waals surface area (Å²) in [6.45, 7) is 0. The highest BCUT2D eigenvalue weighted by molar-refractivity contribution is 7.14. The lowest BCUT2D eigenvalue weighted by Gasteiger charge is -2.01. The Morgan fingerprint density at radius 2 is 2.10 bits per heavy atom. The SMILES string of the molecule is Nc1cc(-c2csc(Nc3ccc(Cl)cn3)n2)ccn1. The van der Waals surface area contributed by atoms with E-state index >= 15 is 0 Å². The molecule has 0 bridgehead atoms. The second-order valence-corrected chi connectivity index (χ2v) is 5.29. The summed E-state index contributed by atoms with van der Waals surface area (Å²) >= 11 is 7.29. The van der Waals surface area contributed by atoms with Gasteiger partial charge in [0, 0.05) is 23.3 Å². The minimum Gasteiger partial charge on any atom is -0.384 e. The van der Waals surface area contributed by atoms with Gasteiger partial charge in [0.25, 0.3) is 0 Å². The Labute approximate surface area is 124 Å². The molecule has 0 aliphatic heterocycles. The molecule has 0 aliphatic carbocycles. The zero-order valence-corrected chi connectivity index (χ0v) is 11.8. The molecular formula is C13H10ClN5S. The van der Waals surface area contributed by atoms with Gasteiger partial charge in [0.1, 0.15) is 11.6 Å². The maximum atomic E-state index is 5.79. The first-order chi connectivity index (χ1) is 9.70. The van der Waals surface area contributed by atoms with Crippen molar-refractivity contribution < 1.29 is 0 Å². The van der Waals surface area contributed by atoms with E-state index in [-0.39, 0.29) is 0 Å². The third-order valence-electron chi connectivity index (χ3n) is 2.54. The van der Waals surface area contributed by atoms with Crippen LogP contribution in [-0.2, 0) is 0 Å². The molecule has 0 amide bonds. The number of pyridine rings is 2. The number of hydrogen-bond acceptors (Lipinski definition) is 6. The Morgan fingerprint density at radius 3 is 2.85 bits per heavy atom. The number of hydrogen-bond donors (Lipinski definition) is 2. The van der Waals surface area contributed by atoms with Gasteiger partial charge in [-0.15, -0.1) is 11.3 Å². The molecule has 0 aliphatic rings. The smallest absolute Gasteiger partial charge is 0.188 e. The minimum atomic E-state index is 0.476. The third-order valence-corrected chi connectivity index (χ3v) is 3.52. The van der Waals surface area contributed by atoms with Gasteiger partial charge in [0.05, 0.1) is 10.7 Å². The van der Waals surface area contributed by atoms with Gasteiger partial charge in [-0.2, -0.15) is 0 Å². The van der Waals surface area contributed by atoms with Crippen molar-refractivity contribution in [3.8, 4) is 11.3 Å². The number of thiazole rings is 1. The molecule has 0 fully saturated rings. The fourth-order valence-electron chi connectivity index (χ4n) is 1.63. The topological polar surface area (TPSA) is 76.7 Å². The van der Waals surface area contributed by atoms with Crippen LogP contribution < -0.4 is 11.1 Å². The molecule has 100 valence electrons. The lowest BCUT2D eigenvalue weighted by Crippen LogP contribution is -1.92. The van der Waals surface area contributed by atoms with E-state index in [1.165, 1.54) is 11.3 Å². The third kappa shape index (κ3) is 2.87. The van der Waals surface area contributed by atoms with E-state index in [2.05, 4.69) is 20.3 Å². The predicted molar refractivity (Wildman–Crippen MR) is 82.3 cm³/mol. The molecule has 3 N–H and O–H groups in total. The maximum Gasteiger partial charge on any atom is 0.188 e. The second-order valence-electron chi connectivity index (χ2n) is 3.99. The Bertz CT molecular complexity index is 726. The monoisotopic (exact) mass is 303 g/mol. The molecule has 5 nitrogen and oxygen atoms in total. The number of aromatic nitrogens is 3. The van der Waals surface area contributed by atoms with Crippen LogP contribution in [0.15, 0.2) is 42.0 Å². The second kappa shape index (κ2) is 5.44. The van der Waals surface area contributed by atoms with E-state index in [9.17, 15) is 0 Å². The van der Waals surface area contributed by atoms with Gasteiger partial charge in [-0.1, -0.05) is 11.6 Å². The van der Waals surface area contributed by atoms with Crippen molar-refractivity contribution in [3.05, 3.63) is 47.1 Å². The first kappa shape index (κ1) is 12.8. The number of rotatable bonds is 3. The zero-order chi connectivity index (χ0) is 13.9. The molecule has 3 rings (SSSR count). The van der Waals surface area contributed by atoms with Crippen LogP contribution in [0, 0.1) is 0 Å². The van der Waals surface area contributed by atoms with Crippen LogP contribution in [0.3, 0.4) is 0 Å². The fourth-order valence-corrected chi connectivity index (χ4v) is 2.47. The van der Waals surface area contributed by atoms with Gasteiger partial charge in [-0.05, 0) is 24.3 Å². The van der Waals surface area contributed by atoms with Gasteiger partial charge in [0.15, 0.2) is 5.13 Å². The average molecular weight is 304 g/mol. The highest BCUT2D eigenvalue weighted by Crippen LogP contribution is 2.27. The van der Waals surface area contributed by atoms with Crippen molar-refractivity contribution in [1.82, 2.24) is 15.0 Å². The van der Waals surface area contributed by atoms with Gasteiger partial charge in [0.2, 0.25) is 0 Å². The molecule has 0 atom stereocenters. The Kier molecular flexibility index (Phi) is 3.49. The number of nitrogens with zero attached hydrogens (tertiary/aromatic N) is 3. The lowest BCUT2D eigenvalue weighted by atomic mass is 10.2. The Hall–Kier alpha value is -2.18. The van der Waals surface area contributed by atoms with Crippen molar-refractivity contribution in [2.24, 2.45) is 0 Å². The van der Waals surface area contributed by atoms with Gasteiger partial charge < -0.3 is 11.1 Å². The van der Waals surface area contributed by atoms with Gasteiger partial charge >= 0.3 is 0 Å². The molecule has 0 radical (unpaired) electrons. The molecule has 20 heavy (non-hydrogen) atoms. The molecule has 3 aromatic rings. The highest BCUT2D eigenvalue weighted by atomic mass is 35.5. The standard InChI is InChI=1S/C13H10ClN5S/c14-9-1-2-12(17-6-9)19-13-18-10(7-20-13)8-3-4-16-11(15)5-8/h1-7H,(H2,15,16)(H,17,18,19). The summed E-state index contributed by atoms with van der Waals surface area (Å²) in [5.74, 6) is 1.17. The van der Waals surface area contributed by atoms with Crippen molar-refractivity contribution in [2.75, 3.05) is 11.1 Å². The van der Waals surface area contributed by atoms with Crippen LogP contribution in [-0.4, -0.2) is 15.0 Å². The van der Waals surface area contributed by atoms with Crippen LogP contribution in [0.2, 0.25) is 5.02 Å². The number of halogens is 1. The first-order valence-electron chi connectivity index (χ1n) is 5.77. The molecule has 0 unspecified atom stereocenters. The van der Waals surface area contributed by atoms with Crippen LogP contribution in [0.25, 0.3) is 11.3 Å². The van der Waals surface area contributed by atoms with Crippen LogP contribution >= 0.6 is 22.9 Å². The average Bonchev–Trinajstić information content (AvgIpc) is 2.90. The van der Waals surface area contributed by atoms with Crippen molar-refractivity contribution in [2.45, 2.75) is 0 Å². The molecule has 3 aromatic heterocycles. The van der Waals surface area contributed by atoms with E-state index in [1.54, 1.807) is 30.6 Å². The maximum absolute atomic E-state index is 5.79. The molecule has 0 spiro atoms. The Morgan fingerprint density at radius 1 is 1.20 bits per heavy atom. The number of nitrogens with one attached hydrogen (secondary N) is 1. The van der Waals surface area contributed by atoms with Crippen LogP contribution in [0.5, 0.6) is 0 Å².